The van der Waals surface area contributed by atoms with Gasteiger partial charge in [0.05, 0.1) is 10.6 Å². The fourth-order valence-corrected chi connectivity index (χ4v) is 3.03. The maximum Gasteiger partial charge on any atom is 0.417 e. The molecule has 3 nitrogen and oxygen atoms in total. The molecule has 2 aromatic rings. The number of hydrogen-bond acceptors (Lipinski definition) is 2. The molecular formula is C13H8ClF4NO2S. The van der Waals surface area contributed by atoms with E-state index in [1.165, 1.54) is 12.1 Å². The number of halogens is 5. The van der Waals surface area contributed by atoms with Crippen molar-refractivity contribution in [3.05, 3.63) is 58.9 Å². The van der Waals surface area contributed by atoms with E-state index < -0.39 is 37.5 Å². The van der Waals surface area contributed by atoms with E-state index in [1.807, 2.05) is 4.72 Å². The van der Waals surface area contributed by atoms with Gasteiger partial charge in [-0.15, -0.1) is 0 Å². The smallest absolute Gasteiger partial charge is 0.280 e. The van der Waals surface area contributed by atoms with Gasteiger partial charge in [-0.25, -0.2) is 12.8 Å². The number of nitrogens with one attached hydrogen (secondary N) is 1. The zero-order valence-electron chi connectivity index (χ0n) is 10.7. The molecule has 0 aliphatic heterocycles. The van der Waals surface area contributed by atoms with Crippen molar-refractivity contribution in [1.29, 1.82) is 0 Å². The van der Waals surface area contributed by atoms with Crippen LogP contribution in [0.1, 0.15) is 5.56 Å². The summed E-state index contributed by atoms with van der Waals surface area (Å²) in [5, 5.41) is -0.568. The standard InChI is InChI=1S/C13H8ClF4NO2S/c14-10-6-5-8(7-9(10)13(16,17)18)19-22(20,21)12-4-2-1-3-11(12)15/h1-7,19H. The number of hydrogen-bond donors (Lipinski definition) is 1. The van der Waals surface area contributed by atoms with E-state index in [4.69, 9.17) is 11.6 Å². The summed E-state index contributed by atoms with van der Waals surface area (Å²) in [5.74, 6) is -1.01. The summed E-state index contributed by atoms with van der Waals surface area (Å²) < 4.78 is 77.6. The second-order valence-corrected chi connectivity index (χ2v) is 6.29. The molecule has 0 aromatic heterocycles. The molecule has 2 aromatic carbocycles. The first-order valence-corrected chi connectivity index (χ1v) is 7.61. The zero-order chi connectivity index (χ0) is 16.5. The first kappa shape index (κ1) is 16.6. The number of rotatable bonds is 3. The summed E-state index contributed by atoms with van der Waals surface area (Å²) in [6.07, 6.45) is -4.74. The molecule has 0 heterocycles. The lowest BCUT2D eigenvalue weighted by atomic mass is 10.2. The van der Waals surface area contributed by atoms with Crippen molar-refractivity contribution < 1.29 is 26.0 Å². The molecule has 9 heteroatoms. The van der Waals surface area contributed by atoms with E-state index in [-0.39, 0.29) is 5.69 Å². The van der Waals surface area contributed by atoms with E-state index in [0.29, 0.717) is 6.07 Å². The third kappa shape index (κ3) is 3.50. The molecule has 0 atom stereocenters. The van der Waals surface area contributed by atoms with Crippen LogP contribution in [0.2, 0.25) is 5.02 Å². The Morgan fingerprint density at radius 3 is 2.27 bits per heavy atom. The second kappa shape index (κ2) is 5.77. The topological polar surface area (TPSA) is 46.2 Å². The third-order valence-electron chi connectivity index (χ3n) is 2.65. The molecule has 118 valence electrons. The lowest BCUT2D eigenvalue weighted by molar-refractivity contribution is -0.137. The molecule has 0 amide bonds. The lowest BCUT2D eigenvalue weighted by Gasteiger charge is -2.13. The average molecular weight is 354 g/mol. The van der Waals surface area contributed by atoms with Crippen molar-refractivity contribution in [2.24, 2.45) is 0 Å². The van der Waals surface area contributed by atoms with Crippen LogP contribution in [0.4, 0.5) is 23.2 Å². The van der Waals surface area contributed by atoms with Crippen molar-refractivity contribution in [1.82, 2.24) is 0 Å². The Morgan fingerprint density at radius 1 is 1.05 bits per heavy atom. The van der Waals surface area contributed by atoms with Crippen LogP contribution in [-0.4, -0.2) is 8.42 Å². The van der Waals surface area contributed by atoms with Crippen LogP contribution in [-0.2, 0) is 16.2 Å². The minimum Gasteiger partial charge on any atom is -0.280 e. The van der Waals surface area contributed by atoms with Crippen molar-refractivity contribution in [2.45, 2.75) is 11.1 Å². The van der Waals surface area contributed by atoms with Gasteiger partial charge >= 0.3 is 6.18 Å². The molecular weight excluding hydrogens is 346 g/mol. The highest BCUT2D eigenvalue weighted by Gasteiger charge is 2.33. The molecule has 0 aliphatic rings. The van der Waals surface area contributed by atoms with Gasteiger partial charge in [0, 0.05) is 5.69 Å². The van der Waals surface area contributed by atoms with Crippen molar-refractivity contribution >= 4 is 27.3 Å². The Morgan fingerprint density at radius 2 is 1.68 bits per heavy atom. The highest BCUT2D eigenvalue weighted by Crippen LogP contribution is 2.36. The summed E-state index contributed by atoms with van der Waals surface area (Å²) >= 11 is 5.44. The van der Waals surface area contributed by atoms with E-state index in [0.717, 1.165) is 24.3 Å². The van der Waals surface area contributed by atoms with Crippen LogP contribution >= 0.6 is 11.6 Å². The molecule has 0 aliphatic carbocycles. The van der Waals surface area contributed by atoms with Gasteiger partial charge in [0.15, 0.2) is 0 Å². The predicted molar refractivity (Wildman–Crippen MR) is 73.7 cm³/mol. The van der Waals surface area contributed by atoms with Crippen LogP contribution < -0.4 is 4.72 Å². The highest BCUT2D eigenvalue weighted by atomic mass is 35.5. The first-order chi connectivity index (χ1) is 10.1. The first-order valence-electron chi connectivity index (χ1n) is 5.75. The van der Waals surface area contributed by atoms with E-state index in [1.54, 1.807) is 0 Å². The Kier molecular flexibility index (Phi) is 4.35. The number of sulfonamides is 1. The Bertz CT molecular complexity index is 806. The van der Waals surface area contributed by atoms with Gasteiger partial charge < -0.3 is 0 Å². The summed E-state index contributed by atoms with van der Waals surface area (Å²) in [5.41, 5.74) is -1.57. The molecule has 2 rings (SSSR count). The fraction of sp³-hybridized carbons (Fsp3) is 0.0769. The molecule has 0 radical (unpaired) electrons. The summed E-state index contributed by atoms with van der Waals surface area (Å²) in [7, 11) is -4.35. The molecule has 0 saturated heterocycles. The minimum atomic E-state index is -4.74. The van der Waals surface area contributed by atoms with Gasteiger partial charge in [-0.3, -0.25) is 4.72 Å². The van der Waals surface area contributed by atoms with Gasteiger partial charge in [-0.1, -0.05) is 23.7 Å². The van der Waals surface area contributed by atoms with Crippen LogP contribution in [0.5, 0.6) is 0 Å². The second-order valence-electron chi connectivity index (χ2n) is 4.23. The third-order valence-corrected chi connectivity index (χ3v) is 4.39. The fourth-order valence-electron chi connectivity index (χ4n) is 1.68. The largest absolute Gasteiger partial charge is 0.417 e. The molecule has 1 N–H and O–H groups in total. The van der Waals surface area contributed by atoms with Gasteiger partial charge in [-0.2, -0.15) is 13.2 Å². The molecule has 22 heavy (non-hydrogen) atoms. The molecule has 0 bridgehead atoms. The average Bonchev–Trinajstić information content (AvgIpc) is 2.39. The van der Waals surface area contributed by atoms with E-state index in [9.17, 15) is 26.0 Å². The Hall–Kier alpha value is -1.80. The van der Waals surface area contributed by atoms with Crippen LogP contribution in [0.15, 0.2) is 47.4 Å². The normalized spacial score (nSPS) is 12.2. The maximum absolute atomic E-state index is 13.5. The van der Waals surface area contributed by atoms with Gasteiger partial charge in [0.2, 0.25) is 0 Å². The SMILES string of the molecule is O=S(=O)(Nc1ccc(Cl)c(C(F)(F)F)c1)c1ccccc1F. The predicted octanol–water partition coefficient (Wildman–Crippen LogP) is 4.30. The Balaban J connectivity index is 2.41. The van der Waals surface area contributed by atoms with Gasteiger partial charge in [-0.05, 0) is 30.3 Å². The number of alkyl halides is 3. The quantitative estimate of drug-likeness (QED) is 0.836. The zero-order valence-corrected chi connectivity index (χ0v) is 12.2. The van der Waals surface area contributed by atoms with Crippen molar-refractivity contribution in [3.63, 3.8) is 0 Å². The van der Waals surface area contributed by atoms with Crippen LogP contribution in [0.25, 0.3) is 0 Å². The monoisotopic (exact) mass is 353 g/mol. The lowest BCUT2D eigenvalue weighted by Crippen LogP contribution is -2.15. The summed E-state index contributed by atoms with van der Waals surface area (Å²) in [6, 6.07) is 7.01. The number of anilines is 1. The van der Waals surface area contributed by atoms with Crippen LogP contribution in [0.3, 0.4) is 0 Å². The molecule has 0 saturated carbocycles. The summed E-state index contributed by atoms with van der Waals surface area (Å²) in [6.45, 7) is 0. The van der Waals surface area contributed by atoms with Crippen molar-refractivity contribution in [2.75, 3.05) is 4.72 Å². The molecule has 0 fully saturated rings. The van der Waals surface area contributed by atoms with Crippen LogP contribution in [0, 0.1) is 5.82 Å². The number of benzene rings is 2. The highest BCUT2D eigenvalue weighted by molar-refractivity contribution is 7.92. The van der Waals surface area contributed by atoms with Crippen molar-refractivity contribution in [3.8, 4) is 0 Å². The van der Waals surface area contributed by atoms with E-state index in [2.05, 4.69) is 0 Å². The summed E-state index contributed by atoms with van der Waals surface area (Å²) in [4.78, 5) is -0.668. The molecule has 0 spiro atoms. The van der Waals surface area contributed by atoms with Gasteiger partial charge in [0.1, 0.15) is 10.7 Å². The van der Waals surface area contributed by atoms with E-state index >= 15 is 0 Å². The maximum atomic E-state index is 13.5. The Labute approximate surface area is 128 Å². The van der Waals surface area contributed by atoms with Gasteiger partial charge in [0.25, 0.3) is 10.0 Å². The minimum absolute atomic E-state index is 0.375. The molecule has 0 unspecified atom stereocenters.